The van der Waals surface area contributed by atoms with Crippen LogP contribution in [0.3, 0.4) is 0 Å². The first-order chi connectivity index (χ1) is 11.4. The van der Waals surface area contributed by atoms with Crippen molar-refractivity contribution in [1.29, 1.82) is 0 Å². The molecule has 1 aliphatic rings. The molecule has 24 heavy (non-hydrogen) atoms. The molecule has 2 aromatic rings. The number of anilines is 1. The smallest absolute Gasteiger partial charge is 0.131 e. The summed E-state index contributed by atoms with van der Waals surface area (Å²) in [6, 6.07) is 8.07. The van der Waals surface area contributed by atoms with E-state index in [2.05, 4.69) is 33.9 Å². The molecule has 6 nitrogen and oxygen atoms in total. The molecule has 0 saturated heterocycles. The Labute approximate surface area is 142 Å². The molecule has 3 rings (SSSR count). The van der Waals surface area contributed by atoms with Crippen LogP contribution in [-0.4, -0.2) is 47.8 Å². The lowest BCUT2D eigenvalue weighted by atomic mass is 9.70. The third-order valence-corrected chi connectivity index (χ3v) is 4.32. The molecule has 1 aromatic carbocycles. The van der Waals surface area contributed by atoms with Gasteiger partial charge in [0.15, 0.2) is 0 Å². The maximum absolute atomic E-state index is 6.18. The molecule has 0 aliphatic heterocycles. The first-order valence-electron chi connectivity index (χ1n) is 7.99. The number of fused-ring (bicyclic) bond motifs is 3. The fourth-order valence-electron chi connectivity index (χ4n) is 3.07. The normalized spacial score (nSPS) is 16.8. The Hall–Kier alpha value is -2.47. The molecule has 6 heteroatoms. The van der Waals surface area contributed by atoms with Crippen LogP contribution >= 0.6 is 0 Å². The van der Waals surface area contributed by atoms with Crippen molar-refractivity contribution in [2.45, 2.75) is 19.3 Å². The molecule has 0 atom stereocenters. The van der Waals surface area contributed by atoms with E-state index >= 15 is 0 Å². The average molecular weight is 325 g/mol. The Bertz CT molecular complexity index is 783. The largest absolute Gasteiger partial charge is 0.394 e. The topological polar surface area (TPSA) is 76.6 Å². The van der Waals surface area contributed by atoms with Gasteiger partial charge in [0.2, 0.25) is 0 Å². The van der Waals surface area contributed by atoms with Crippen molar-refractivity contribution < 1.29 is 4.84 Å². The molecule has 1 aromatic heterocycles. The molecule has 0 saturated carbocycles. The van der Waals surface area contributed by atoms with Crippen LogP contribution in [0.15, 0.2) is 35.7 Å². The molecular formula is C18H23N5O. The number of likely N-dealkylation sites (N-methyl/N-ethyl adjacent to an activating group) is 1. The van der Waals surface area contributed by atoms with Gasteiger partial charge in [-0.05, 0) is 27.9 Å². The van der Waals surface area contributed by atoms with Gasteiger partial charge in [0.25, 0.3) is 0 Å². The van der Waals surface area contributed by atoms with Gasteiger partial charge in [-0.15, -0.1) is 0 Å². The minimum atomic E-state index is -0.437. The summed E-state index contributed by atoms with van der Waals surface area (Å²) >= 11 is 0. The maximum atomic E-state index is 6.18. The Morgan fingerprint density at radius 3 is 2.58 bits per heavy atom. The molecular weight excluding hydrogens is 302 g/mol. The Morgan fingerprint density at radius 1 is 1.17 bits per heavy atom. The third kappa shape index (κ3) is 2.73. The first-order valence-corrected chi connectivity index (χ1v) is 7.99. The molecule has 0 fully saturated rings. The van der Waals surface area contributed by atoms with Crippen molar-refractivity contribution in [3.8, 4) is 11.3 Å². The maximum Gasteiger partial charge on any atom is 0.131 e. The average Bonchev–Trinajstić information content (AvgIpc) is 2.53. The molecule has 0 bridgehead atoms. The highest BCUT2D eigenvalue weighted by molar-refractivity contribution is 6.15. The summed E-state index contributed by atoms with van der Waals surface area (Å²) in [6.07, 6.45) is 1.51. The predicted molar refractivity (Wildman–Crippen MR) is 95.9 cm³/mol. The van der Waals surface area contributed by atoms with E-state index in [0.717, 1.165) is 34.6 Å². The number of nitrogens with zero attached hydrogens (tertiary/aromatic N) is 4. The summed E-state index contributed by atoms with van der Waals surface area (Å²) < 4.78 is 0. The number of hydrogen-bond acceptors (Lipinski definition) is 6. The fraction of sp³-hybridized carbons (Fsp3) is 0.389. The van der Waals surface area contributed by atoms with Gasteiger partial charge in [-0.25, -0.2) is 9.97 Å². The van der Waals surface area contributed by atoms with E-state index in [0.29, 0.717) is 12.4 Å². The molecule has 2 N–H and O–H groups in total. The van der Waals surface area contributed by atoms with Gasteiger partial charge >= 0.3 is 0 Å². The van der Waals surface area contributed by atoms with Gasteiger partial charge in [0.1, 0.15) is 18.8 Å². The van der Waals surface area contributed by atoms with E-state index in [4.69, 9.17) is 10.6 Å². The third-order valence-electron chi connectivity index (χ3n) is 4.32. The van der Waals surface area contributed by atoms with E-state index in [1.54, 1.807) is 0 Å². The SMILES string of the molecule is CN(C)CCON=C1c2ccccc2-c2ncnc(N)c2C1(C)C. The number of aromatic nitrogens is 2. The summed E-state index contributed by atoms with van der Waals surface area (Å²) in [5.41, 5.74) is 10.4. The molecule has 126 valence electrons. The second-order valence-corrected chi connectivity index (χ2v) is 6.73. The summed E-state index contributed by atoms with van der Waals surface area (Å²) in [5.74, 6) is 0.487. The zero-order valence-corrected chi connectivity index (χ0v) is 14.6. The summed E-state index contributed by atoms with van der Waals surface area (Å²) in [5, 5.41) is 4.47. The number of hydrogen-bond donors (Lipinski definition) is 1. The Kier molecular flexibility index (Phi) is 4.24. The van der Waals surface area contributed by atoms with Gasteiger partial charge in [-0.3, -0.25) is 0 Å². The van der Waals surface area contributed by atoms with Crippen molar-refractivity contribution in [1.82, 2.24) is 14.9 Å². The van der Waals surface area contributed by atoms with Gasteiger partial charge in [-0.1, -0.05) is 29.4 Å². The number of oxime groups is 1. The predicted octanol–water partition coefficient (Wildman–Crippen LogP) is 2.30. The minimum absolute atomic E-state index is 0.437. The molecule has 1 aliphatic carbocycles. The van der Waals surface area contributed by atoms with Crippen LogP contribution < -0.4 is 5.73 Å². The Morgan fingerprint density at radius 2 is 1.88 bits per heavy atom. The highest BCUT2D eigenvalue weighted by Gasteiger charge is 2.40. The number of nitrogens with two attached hydrogens (primary N) is 1. The van der Waals surface area contributed by atoms with E-state index in [-0.39, 0.29) is 0 Å². The van der Waals surface area contributed by atoms with E-state index in [1.165, 1.54) is 6.33 Å². The molecule has 0 unspecified atom stereocenters. The van der Waals surface area contributed by atoms with Crippen LogP contribution in [0, 0.1) is 0 Å². The van der Waals surface area contributed by atoms with Crippen LogP contribution in [0.1, 0.15) is 25.0 Å². The molecule has 0 radical (unpaired) electrons. The van der Waals surface area contributed by atoms with Crippen molar-refractivity contribution >= 4 is 11.5 Å². The van der Waals surface area contributed by atoms with Gasteiger partial charge in [0.05, 0.1) is 11.4 Å². The van der Waals surface area contributed by atoms with Crippen molar-refractivity contribution in [3.63, 3.8) is 0 Å². The van der Waals surface area contributed by atoms with E-state index in [9.17, 15) is 0 Å². The van der Waals surface area contributed by atoms with Crippen LogP contribution in [0.5, 0.6) is 0 Å². The monoisotopic (exact) mass is 325 g/mol. The fourth-order valence-corrected chi connectivity index (χ4v) is 3.07. The highest BCUT2D eigenvalue weighted by Crippen LogP contribution is 2.44. The van der Waals surface area contributed by atoms with E-state index < -0.39 is 5.41 Å². The lowest BCUT2D eigenvalue weighted by Gasteiger charge is -2.34. The quantitative estimate of drug-likeness (QED) is 0.689. The Balaban J connectivity index is 2.10. The number of nitrogen functional groups attached to an aromatic ring is 1. The lowest BCUT2D eigenvalue weighted by molar-refractivity contribution is 0.124. The van der Waals surface area contributed by atoms with Crippen molar-refractivity contribution in [2.75, 3.05) is 33.0 Å². The zero-order valence-electron chi connectivity index (χ0n) is 14.6. The summed E-state index contributed by atoms with van der Waals surface area (Å²) in [7, 11) is 4.01. The van der Waals surface area contributed by atoms with Gasteiger partial charge < -0.3 is 15.5 Å². The van der Waals surface area contributed by atoms with E-state index in [1.807, 2.05) is 38.4 Å². The van der Waals surface area contributed by atoms with Crippen molar-refractivity contribution in [3.05, 3.63) is 41.7 Å². The second-order valence-electron chi connectivity index (χ2n) is 6.73. The molecule has 0 amide bonds. The minimum Gasteiger partial charge on any atom is -0.394 e. The van der Waals surface area contributed by atoms with Crippen molar-refractivity contribution in [2.24, 2.45) is 5.16 Å². The first kappa shape index (κ1) is 16.4. The van der Waals surface area contributed by atoms with Gasteiger partial charge in [-0.2, -0.15) is 0 Å². The van der Waals surface area contributed by atoms with Crippen LogP contribution in [-0.2, 0) is 10.3 Å². The number of benzene rings is 1. The standard InChI is InChI=1S/C18H23N5O/c1-18(2)14-15(20-11-21-17(14)19)12-7-5-6-8-13(12)16(18)22-24-10-9-23(3)4/h5-8,11H,9-10H2,1-4H3,(H2,19,20,21). The lowest BCUT2D eigenvalue weighted by Crippen LogP contribution is -2.36. The molecule has 0 spiro atoms. The summed E-state index contributed by atoms with van der Waals surface area (Å²) in [4.78, 5) is 16.3. The molecule has 1 heterocycles. The van der Waals surface area contributed by atoms with Crippen LogP contribution in [0.25, 0.3) is 11.3 Å². The second kappa shape index (κ2) is 6.20. The van der Waals surface area contributed by atoms with Crippen LogP contribution in [0.2, 0.25) is 0 Å². The highest BCUT2D eigenvalue weighted by atomic mass is 16.6. The van der Waals surface area contributed by atoms with Crippen LogP contribution in [0.4, 0.5) is 5.82 Å². The van der Waals surface area contributed by atoms with Gasteiger partial charge in [0, 0.05) is 28.7 Å². The number of rotatable bonds is 4. The zero-order chi connectivity index (χ0) is 17.3. The summed E-state index contributed by atoms with van der Waals surface area (Å²) in [6.45, 7) is 5.49.